The first-order chi connectivity index (χ1) is 13.1. The summed E-state index contributed by atoms with van der Waals surface area (Å²) in [4.78, 5) is 19.1. The van der Waals surface area contributed by atoms with Gasteiger partial charge in [0.15, 0.2) is 0 Å². The van der Waals surface area contributed by atoms with E-state index < -0.39 is 6.09 Å². The van der Waals surface area contributed by atoms with Crippen molar-refractivity contribution in [2.75, 3.05) is 0 Å². The number of hydrogen-bond donors (Lipinski definition) is 1. The molecule has 2 aromatic carbocycles. The van der Waals surface area contributed by atoms with E-state index in [2.05, 4.69) is 15.0 Å². The molecule has 0 aliphatic heterocycles. The van der Waals surface area contributed by atoms with Crippen molar-refractivity contribution < 1.29 is 9.90 Å². The molecule has 0 aliphatic rings. The van der Waals surface area contributed by atoms with Crippen molar-refractivity contribution >= 4 is 39.5 Å². The van der Waals surface area contributed by atoms with Crippen LogP contribution in [-0.4, -0.2) is 20.8 Å². The van der Waals surface area contributed by atoms with E-state index in [0.29, 0.717) is 22.2 Å². The van der Waals surface area contributed by atoms with Gasteiger partial charge in [-0.25, -0.2) is 14.3 Å². The van der Waals surface area contributed by atoms with Crippen LogP contribution in [0.2, 0.25) is 5.15 Å². The summed E-state index contributed by atoms with van der Waals surface area (Å²) in [6, 6.07) is 16.3. The minimum absolute atomic E-state index is 0.193. The minimum Gasteiger partial charge on any atom is -0.464 e. The van der Waals surface area contributed by atoms with Gasteiger partial charge >= 0.3 is 6.09 Å². The number of benzene rings is 2. The Balaban J connectivity index is 1.97. The first-order valence-electron chi connectivity index (χ1n) is 8.02. The van der Waals surface area contributed by atoms with Crippen LogP contribution in [0.25, 0.3) is 43.5 Å². The zero-order valence-corrected chi connectivity index (χ0v) is 14.6. The van der Waals surface area contributed by atoms with Crippen LogP contribution in [0.1, 0.15) is 5.56 Å². The monoisotopic (exact) mass is 377 g/mol. The first-order valence-corrected chi connectivity index (χ1v) is 8.40. The molecule has 0 aliphatic carbocycles. The Morgan fingerprint density at radius 3 is 2.78 bits per heavy atom. The maximum absolute atomic E-state index is 11.9. The highest BCUT2D eigenvalue weighted by Gasteiger charge is 2.19. The molecular formula is C19H12ClN5O2. The predicted molar refractivity (Wildman–Crippen MR) is 104 cm³/mol. The van der Waals surface area contributed by atoms with Crippen LogP contribution in [0.4, 0.5) is 4.79 Å². The van der Waals surface area contributed by atoms with E-state index in [9.17, 15) is 9.90 Å². The fourth-order valence-electron chi connectivity index (χ4n) is 3.15. The quantitative estimate of drug-likeness (QED) is 0.209. The Morgan fingerprint density at radius 1 is 1.19 bits per heavy atom. The standard InChI is InChI=1S/C19H12ClN5O2/c20-18-14(8-12-3-1-2-4-15(12)23-18)17-9-13-7-11(10-22-24-21)5-6-16(13)25(17)19(26)27/h1-9H,10H2,(H,26,27). The van der Waals surface area contributed by atoms with E-state index >= 15 is 0 Å². The van der Waals surface area contributed by atoms with Crippen molar-refractivity contribution in [3.63, 3.8) is 0 Å². The van der Waals surface area contributed by atoms with Crippen molar-refractivity contribution in [1.82, 2.24) is 9.55 Å². The maximum atomic E-state index is 11.9. The topological polar surface area (TPSA) is 104 Å². The number of azide groups is 1. The second-order valence-electron chi connectivity index (χ2n) is 5.95. The molecule has 0 spiro atoms. The smallest absolute Gasteiger partial charge is 0.416 e. The highest BCUT2D eigenvalue weighted by Crippen LogP contribution is 2.34. The number of aromatic nitrogens is 2. The van der Waals surface area contributed by atoms with Crippen LogP contribution in [0.15, 0.2) is 59.7 Å². The van der Waals surface area contributed by atoms with Gasteiger partial charge in [0, 0.05) is 21.2 Å². The predicted octanol–water partition coefficient (Wildman–Crippen LogP) is 5.85. The van der Waals surface area contributed by atoms with Crippen molar-refractivity contribution in [3.8, 4) is 11.3 Å². The van der Waals surface area contributed by atoms with Crippen molar-refractivity contribution in [3.05, 3.63) is 75.8 Å². The summed E-state index contributed by atoms with van der Waals surface area (Å²) in [5.41, 5.74) is 11.5. The Labute approximate surface area is 158 Å². The Hall–Kier alpha value is -3.54. The van der Waals surface area contributed by atoms with Crippen LogP contribution in [0, 0.1) is 0 Å². The summed E-state index contributed by atoms with van der Waals surface area (Å²) in [5, 5.41) is 15.1. The Bertz CT molecular complexity index is 1260. The molecule has 0 bridgehead atoms. The van der Waals surface area contributed by atoms with Gasteiger partial charge in [-0.05, 0) is 41.4 Å². The lowest BCUT2D eigenvalue weighted by Gasteiger charge is -2.08. The molecular weight excluding hydrogens is 366 g/mol. The van der Waals surface area contributed by atoms with E-state index in [0.717, 1.165) is 16.5 Å². The van der Waals surface area contributed by atoms with Gasteiger partial charge in [-0.1, -0.05) is 41.0 Å². The van der Waals surface area contributed by atoms with Gasteiger partial charge in [0.1, 0.15) is 5.15 Å². The number of hydrogen-bond acceptors (Lipinski definition) is 3. The van der Waals surface area contributed by atoms with Gasteiger partial charge in [-0.15, -0.1) is 0 Å². The van der Waals surface area contributed by atoms with E-state index in [1.807, 2.05) is 30.3 Å². The van der Waals surface area contributed by atoms with E-state index in [1.165, 1.54) is 4.57 Å². The van der Waals surface area contributed by atoms with E-state index in [4.69, 9.17) is 17.1 Å². The molecule has 7 nitrogen and oxygen atoms in total. The zero-order valence-electron chi connectivity index (χ0n) is 13.9. The molecule has 0 fully saturated rings. The molecule has 2 heterocycles. The van der Waals surface area contributed by atoms with Crippen molar-refractivity contribution in [1.29, 1.82) is 0 Å². The van der Waals surface area contributed by atoms with Crippen LogP contribution in [-0.2, 0) is 6.54 Å². The highest BCUT2D eigenvalue weighted by molar-refractivity contribution is 6.32. The third-order valence-corrected chi connectivity index (χ3v) is 4.62. The second kappa shape index (κ2) is 6.64. The fourth-order valence-corrected chi connectivity index (χ4v) is 3.40. The third kappa shape index (κ3) is 2.95. The largest absolute Gasteiger partial charge is 0.464 e. The molecule has 0 saturated heterocycles. The van der Waals surface area contributed by atoms with Crippen LogP contribution in [0.3, 0.4) is 0 Å². The van der Waals surface area contributed by atoms with Crippen LogP contribution >= 0.6 is 11.6 Å². The summed E-state index contributed by atoms with van der Waals surface area (Å²) < 4.78 is 1.18. The summed E-state index contributed by atoms with van der Waals surface area (Å²) in [5.74, 6) is 0. The SMILES string of the molecule is [N-]=[N+]=NCc1ccc2c(c1)cc(-c1cc3ccccc3nc1Cl)n2C(=O)O. The van der Waals surface area contributed by atoms with Crippen molar-refractivity contribution in [2.45, 2.75) is 6.54 Å². The minimum atomic E-state index is -1.12. The summed E-state index contributed by atoms with van der Waals surface area (Å²) in [6.07, 6.45) is -1.12. The number of rotatable bonds is 3. The van der Waals surface area contributed by atoms with Gasteiger partial charge in [0.05, 0.1) is 23.3 Å². The molecule has 0 atom stereocenters. The molecule has 8 heteroatoms. The average Bonchev–Trinajstić information content (AvgIpc) is 3.04. The maximum Gasteiger partial charge on any atom is 0.416 e. The normalized spacial score (nSPS) is 10.9. The highest BCUT2D eigenvalue weighted by atomic mass is 35.5. The lowest BCUT2D eigenvalue weighted by Crippen LogP contribution is -2.09. The molecule has 0 unspecified atom stereocenters. The molecule has 0 amide bonds. The Morgan fingerprint density at radius 2 is 2.00 bits per heavy atom. The van der Waals surface area contributed by atoms with Gasteiger partial charge in [0.2, 0.25) is 0 Å². The van der Waals surface area contributed by atoms with Crippen LogP contribution < -0.4 is 0 Å². The van der Waals surface area contributed by atoms with Crippen molar-refractivity contribution in [2.24, 2.45) is 5.11 Å². The third-order valence-electron chi connectivity index (χ3n) is 4.33. The Kier molecular flexibility index (Phi) is 4.16. The molecule has 4 rings (SSSR count). The molecule has 1 N–H and O–H groups in total. The zero-order chi connectivity index (χ0) is 19.0. The number of pyridine rings is 1. The van der Waals surface area contributed by atoms with E-state index in [-0.39, 0.29) is 11.7 Å². The number of fused-ring (bicyclic) bond motifs is 2. The summed E-state index contributed by atoms with van der Waals surface area (Å²) in [7, 11) is 0. The number of para-hydroxylation sites is 1. The van der Waals surface area contributed by atoms with E-state index in [1.54, 1.807) is 24.3 Å². The molecule has 132 valence electrons. The average molecular weight is 378 g/mol. The van der Waals surface area contributed by atoms with Gasteiger partial charge in [-0.3, -0.25) is 0 Å². The molecule has 0 radical (unpaired) electrons. The molecule has 2 aromatic heterocycles. The second-order valence-corrected chi connectivity index (χ2v) is 6.31. The summed E-state index contributed by atoms with van der Waals surface area (Å²) in [6.45, 7) is 0.193. The van der Waals surface area contributed by atoms with Gasteiger partial charge in [0.25, 0.3) is 0 Å². The summed E-state index contributed by atoms with van der Waals surface area (Å²) >= 11 is 6.37. The lowest BCUT2D eigenvalue weighted by atomic mass is 10.1. The van der Waals surface area contributed by atoms with Gasteiger partial charge < -0.3 is 5.11 Å². The number of carboxylic acid groups (broad SMARTS) is 1. The number of carbonyl (C=O) groups is 1. The molecule has 4 aromatic rings. The number of nitrogens with zero attached hydrogens (tertiary/aromatic N) is 5. The van der Waals surface area contributed by atoms with Crippen LogP contribution in [0.5, 0.6) is 0 Å². The molecule has 27 heavy (non-hydrogen) atoms. The first kappa shape index (κ1) is 16.9. The fraction of sp³-hybridized carbons (Fsp3) is 0.0526. The lowest BCUT2D eigenvalue weighted by molar-refractivity contribution is 0.198. The van der Waals surface area contributed by atoms with Gasteiger partial charge in [-0.2, -0.15) is 0 Å². The number of halogens is 1. The molecule has 0 saturated carbocycles.